The summed E-state index contributed by atoms with van der Waals surface area (Å²) in [7, 11) is 0. The Morgan fingerprint density at radius 2 is 1.91 bits per heavy atom. The van der Waals surface area contributed by atoms with Gasteiger partial charge in [0.1, 0.15) is 5.69 Å². The SMILES string of the molecule is NC(N)=[NH+]c1ccccc1Cl. The number of hydrogen-bond donors (Lipinski definition) is 3. The van der Waals surface area contributed by atoms with E-state index in [0.29, 0.717) is 10.7 Å². The van der Waals surface area contributed by atoms with Crippen molar-refractivity contribution < 1.29 is 4.99 Å². The molecule has 3 nitrogen and oxygen atoms in total. The van der Waals surface area contributed by atoms with E-state index in [9.17, 15) is 0 Å². The van der Waals surface area contributed by atoms with E-state index in [1.165, 1.54) is 0 Å². The minimum Gasteiger partial charge on any atom is -0.291 e. The van der Waals surface area contributed by atoms with Crippen LogP contribution in [0.4, 0.5) is 5.69 Å². The number of nitrogens with one attached hydrogen (secondary N) is 1. The molecule has 58 valence electrons. The lowest BCUT2D eigenvalue weighted by Crippen LogP contribution is -2.72. The van der Waals surface area contributed by atoms with E-state index < -0.39 is 0 Å². The zero-order valence-corrected chi connectivity index (χ0v) is 6.60. The fourth-order valence-corrected chi connectivity index (χ4v) is 0.901. The van der Waals surface area contributed by atoms with Crippen molar-refractivity contribution >= 4 is 23.2 Å². The second kappa shape index (κ2) is 3.25. The maximum Gasteiger partial charge on any atom is 0.343 e. The topological polar surface area (TPSA) is 66.0 Å². The Morgan fingerprint density at radius 3 is 2.45 bits per heavy atom. The van der Waals surface area contributed by atoms with Gasteiger partial charge in [-0.05, 0) is 12.1 Å². The van der Waals surface area contributed by atoms with Gasteiger partial charge in [-0.1, -0.05) is 23.7 Å². The van der Waals surface area contributed by atoms with Crippen LogP contribution in [0.2, 0.25) is 5.02 Å². The van der Waals surface area contributed by atoms with Crippen molar-refractivity contribution in [1.82, 2.24) is 0 Å². The van der Waals surface area contributed by atoms with E-state index in [0.717, 1.165) is 0 Å². The molecule has 0 unspecified atom stereocenters. The van der Waals surface area contributed by atoms with Gasteiger partial charge in [0, 0.05) is 0 Å². The van der Waals surface area contributed by atoms with Gasteiger partial charge in [0.15, 0.2) is 0 Å². The Bertz CT molecular complexity index is 279. The molecule has 0 saturated carbocycles. The van der Waals surface area contributed by atoms with Crippen LogP contribution in [0.15, 0.2) is 24.3 Å². The number of para-hydroxylation sites is 1. The molecule has 0 amide bonds. The van der Waals surface area contributed by atoms with E-state index >= 15 is 0 Å². The number of halogens is 1. The van der Waals surface area contributed by atoms with Gasteiger partial charge in [0.25, 0.3) is 0 Å². The van der Waals surface area contributed by atoms with E-state index in [1.807, 2.05) is 12.1 Å². The minimum absolute atomic E-state index is 0.137. The smallest absolute Gasteiger partial charge is 0.291 e. The number of guanidine groups is 1. The first kappa shape index (κ1) is 7.88. The van der Waals surface area contributed by atoms with Crippen LogP contribution in [0.3, 0.4) is 0 Å². The van der Waals surface area contributed by atoms with Gasteiger partial charge in [-0.15, -0.1) is 0 Å². The largest absolute Gasteiger partial charge is 0.343 e. The summed E-state index contributed by atoms with van der Waals surface area (Å²) < 4.78 is 0. The zero-order chi connectivity index (χ0) is 8.27. The van der Waals surface area contributed by atoms with Crippen molar-refractivity contribution in [3.05, 3.63) is 29.3 Å². The van der Waals surface area contributed by atoms with Crippen LogP contribution in [0.25, 0.3) is 0 Å². The number of nitrogens with two attached hydrogens (primary N) is 2. The molecule has 0 atom stereocenters. The van der Waals surface area contributed by atoms with Crippen LogP contribution in [0, 0.1) is 0 Å². The zero-order valence-electron chi connectivity index (χ0n) is 5.84. The van der Waals surface area contributed by atoms with Crippen molar-refractivity contribution in [2.24, 2.45) is 11.5 Å². The lowest BCUT2D eigenvalue weighted by atomic mass is 10.3. The fourth-order valence-electron chi connectivity index (χ4n) is 0.718. The number of rotatable bonds is 1. The van der Waals surface area contributed by atoms with Crippen molar-refractivity contribution in [3.8, 4) is 0 Å². The molecule has 11 heavy (non-hydrogen) atoms. The average Bonchev–Trinajstić information content (AvgIpc) is 1.93. The molecule has 0 aliphatic heterocycles. The molecule has 0 saturated heterocycles. The lowest BCUT2D eigenvalue weighted by molar-refractivity contribution is -0.356. The molecule has 4 heteroatoms. The molecule has 0 spiro atoms. The van der Waals surface area contributed by atoms with Crippen molar-refractivity contribution in [2.75, 3.05) is 0 Å². The molecule has 1 rings (SSSR count). The molecule has 0 heterocycles. The summed E-state index contributed by atoms with van der Waals surface area (Å²) >= 11 is 5.78. The Kier molecular flexibility index (Phi) is 2.33. The first-order valence-electron chi connectivity index (χ1n) is 3.09. The third-order valence-electron chi connectivity index (χ3n) is 1.15. The summed E-state index contributed by atoms with van der Waals surface area (Å²) in [5.41, 5.74) is 11.2. The summed E-state index contributed by atoms with van der Waals surface area (Å²) in [6.07, 6.45) is 0. The highest BCUT2D eigenvalue weighted by Crippen LogP contribution is 2.14. The molecular weight excluding hydrogens is 162 g/mol. The van der Waals surface area contributed by atoms with Crippen LogP contribution >= 0.6 is 11.6 Å². The van der Waals surface area contributed by atoms with Crippen molar-refractivity contribution in [3.63, 3.8) is 0 Å². The van der Waals surface area contributed by atoms with Gasteiger partial charge in [0.2, 0.25) is 0 Å². The molecule has 0 radical (unpaired) electrons. The summed E-state index contributed by atoms with van der Waals surface area (Å²) in [5.74, 6) is 0.137. The van der Waals surface area contributed by atoms with E-state index in [2.05, 4.69) is 4.99 Å². The Labute approximate surface area is 69.7 Å². The van der Waals surface area contributed by atoms with Gasteiger partial charge < -0.3 is 0 Å². The molecule has 5 N–H and O–H groups in total. The highest BCUT2D eigenvalue weighted by atomic mass is 35.5. The van der Waals surface area contributed by atoms with E-state index in [4.69, 9.17) is 23.1 Å². The number of hydrogen-bond acceptors (Lipinski definition) is 0. The second-order valence-corrected chi connectivity index (χ2v) is 2.47. The molecule has 0 aliphatic rings. The maximum atomic E-state index is 5.78. The first-order chi connectivity index (χ1) is 5.20. The molecule has 0 aromatic heterocycles. The molecule has 0 aliphatic carbocycles. The predicted molar refractivity (Wildman–Crippen MR) is 45.5 cm³/mol. The molecular formula is C7H9ClN3+. The monoisotopic (exact) mass is 170 g/mol. The molecule has 0 fully saturated rings. The molecule has 0 bridgehead atoms. The fraction of sp³-hybridized carbons (Fsp3) is 0. The third-order valence-corrected chi connectivity index (χ3v) is 1.48. The minimum atomic E-state index is 0.137. The normalized spacial score (nSPS) is 9.18. The number of benzene rings is 1. The summed E-state index contributed by atoms with van der Waals surface area (Å²) in [5, 5.41) is 0.598. The summed E-state index contributed by atoms with van der Waals surface area (Å²) in [4.78, 5) is 2.71. The van der Waals surface area contributed by atoms with Gasteiger partial charge >= 0.3 is 5.96 Å². The van der Waals surface area contributed by atoms with E-state index in [-0.39, 0.29) is 5.96 Å². The Morgan fingerprint density at radius 1 is 1.27 bits per heavy atom. The van der Waals surface area contributed by atoms with Crippen LogP contribution in [-0.4, -0.2) is 5.96 Å². The molecule has 1 aromatic carbocycles. The van der Waals surface area contributed by atoms with Gasteiger partial charge in [-0.2, -0.15) is 0 Å². The highest BCUT2D eigenvalue weighted by molar-refractivity contribution is 6.32. The van der Waals surface area contributed by atoms with Crippen molar-refractivity contribution in [1.29, 1.82) is 0 Å². The van der Waals surface area contributed by atoms with Gasteiger partial charge in [0.05, 0.1) is 5.02 Å². The Hall–Kier alpha value is -1.22. The van der Waals surface area contributed by atoms with Crippen LogP contribution < -0.4 is 16.5 Å². The summed E-state index contributed by atoms with van der Waals surface area (Å²) in [6, 6.07) is 7.23. The maximum absolute atomic E-state index is 5.78. The quantitative estimate of drug-likeness (QED) is 0.387. The van der Waals surface area contributed by atoms with E-state index in [1.54, 1.807) is 12.1 Å². The Balaban J connectivity index is 3.04. The van der Waals surface area contributed by atoms with Crippen molar-refractivity contribution in [2.45, 2.75) is 0 Å². The third kappa shape index (κ3) is 2.13. The molecule has 1 aromatic rings. The average molecular weight is 171 g/mol. The lowest BCUT2D eigenvalue weighted by Gasteiger charge is -1.93. The van der Waals surface area contributed by atoms with Crippen LogP contribution in [-0.2, 0) is 0 Å². The highest BCUT2D eigenvalue weighted by Gasteiger charge is 1.97. The predicted octanol–water partition coefficient (Wildman–Crippen LogP) is -0.675. The summed E-state index contributed by atoms with van der Waals surface area (Å²) in [6.45, 7) is 0. The van der Waals surface area contributed by atoms with Gasteiger partial charge in [-0.25, -0.2) is 4.99 Å². The second-order valence-electron chi connectivity index (χ2n) is 2.06. The first-order valence-corrected chi connectivity index (χ1v) is 3.47. The standard InChI is InChI=1S/C7H8ClN3/c8-5-3-1-2-4-6(5)11-7(9)10/h1-4H,(H4,9,10,11)/p+1. The van der Waals surface area contributed by atoms with Gasteiger partial charge in [-0.3, -0.25) is 11.5 Å². The van der Waals surface area contributed by atoms with Crippen LogP contribution in [0.5, 0.6) is 0 Å². The van der Waals surface area contributed by atoms with Crippen LogP contribution in [0.1, 0.15) is 0 Å².